The summed E-state index contributed by atoms with van der Waals surface area (Å²) in [6.07, 6.45) is 0.902. The Bertz CT molecular complexity index is 720. The van der Waals surface area contributed by atoms with Gasteiger partial charge in [0.25, 0.3) is 0 Å². The topological polar surface area (TPSA) is 50.6 Å². The number of imidazole rings is 1. The molecule has 2 aliphatic heterocycles. The molecule has 0 bridgehead atoms. The summed E-state index contributed by atoms with van der Waals surface area (Å²) in [6, 6.07) is 8.15. The fraction of sp³-hybridized carbons (Fsp3) is 0.529. The molecular formula is C17H22N4O2. The van der Waals surface area contributed by atoms with Crippen LogP contribution in [0, 0.1) is 5.92 Å². The number of hydrogen-bond acceptors (Lipinski definition) is 4. The molecule has 0 spiro atoms. The maximum Gasteiger partial charge on any atom is 0.227 e. The number of fused-ring (bicyclic) bond motifs is 1. The first-order valence-corrected chi connectivity index (χ1v) is 8.27. The molecule has 122 valence electrons. The number of para-hydroxylation sites is 2. The van der Waals surface area contributed by atoms with Crippen LogP contribution in [-0.2, 0) is 16.6 Å². The highest BCUT2D eigenvalue weighted by molar-refractivity contribution is 5.81. The van der Waals surface area contributed by atoms with Crippen molar-refractivity contribution in [3.63, 3.8) is 0 Å². The maximum atomic E-state index is 12.7. The van der Waals surface area contributed by atoms with Crippen molar-refractivity contribution in [3.05, 3.63) is 24.3 Å². The normalized spacial score (nSPS) is 22.0. The van der Waals surface area contributed by atoms with Gasteiger partial charge in [-0.3, -0.25) is 4.79 Å². The van der Waals surface area contributed by atoms with Crippen molar-refractivity contribution in [3.8, 4) is 0 Å². The van der Waals surface area contributed by atoms with Gasteiger partial charge in [0.15, 0.2) is 0 Å². The van der Waals surface area contributed by atoms with Crippen molar-refractivity contribution in [2.45, 2.75) is 6.42 Å². The summed E-state index contributed by atoms with van der Waals surface area (Å²) < 4.78 is 7.46. The number of anilines is 1. The lowest BCUT2D eigenvalue weighted by Gasteiger charge is -2.29. The van der Waals surface area contributed by atoms with E-state index in [9.17, 15) is 4.79 Å². The smallest absolute Gasteiger partial charge is 0.227 e. The average molecular weight is 314 g/mol. The molecule has 23 heavy (non-hydrogen) atoms. The fourth-order valence-corrected chi connectivity index (χ4v) is 3.60. The van der Waals surface area contributed by atoms with Gasteiger partial charge in [0.1, 0.15) is 0 Å². The van der Waals surface area contributed by atoms with E-state index in [2.05, 4.69) is 15.5 Å². The minimum absolute atomic E-state index is 0.0768. The van der Waals surface area contributed by atoms with Crippen LogP contribution in [0.5, 0.6) is 0 Å². The van der Waals surface area contributed by atoms with Crippen molar-refractivity contribution in [1.82, 2.24) is 14.5 Å². The zero-order chi connectivity index (χ0) is 15.8. The second-order valence-electron chi connectivity index (χ2n) is 6.33. The predicted molar refractivity (Wildman–Crippen MR) is 88.4 cm³/mol. The highest BCUT2D eigenvalue weighted by Crippen LogP contribution is 2.27. The SMILES string of the molecule is Cn1c(N2CCC(C(=O)N3CCOCC3)C2)nc2ccccc21. The number of carbonyl (C=O) groups is 1. The third-order valence-corrected chi connectivity index (χ3v) is 4.91. The van der Waals surface area contributed by atoms with E-state index >= 15 is 0 Å². The van der Waals surface area contributed by atoms with Crippen LogP contribution in [-0.4, -0.2) is 59.8 Å². The van der Waals surface area contributed by atoms with E-state index in [0.29, 0.717) is 13.2 Å². The van der Waals surface area contributed by atoms with Crippen LogP contribution in [0.2, 0.25) is 0 Å². The van der Waals surface area contributed by atoms with E-state index in [-0.39, 0.29) is 11.8 Å². The van der Waals surface area contributed by atoms with E-state index in [4.69, 9.17) is 9.72 Å². The van der Waals surface area contributed by atoms with Crippen LogP contribution in [0.4, 0.5) is 5.95 Å². The van der Waals surface area contributed by atoms with E-state index in [0.717, 1.165) is 49.6 Å². The third kappa shape index (κ3) is 2.57. The zero-order valence-electron chi connectivity index (χ0n) is 13.4. The van der Waals surface area contributed by atoms with Crippen molar-refractivity contribution in [2.75, 3.05) is 44.3 Å². The van der Waals surface area contributed by atoms with Gasteiger partial charge < -0.3 is 19.1 Å². The molecule has 1 atom stereocenters. The highest BCUT2D eigenvalue weighted by atomic mass is 16.5. The molecule has 2 aliphatic rings. The number of ether oxygens (including phenoxy) is 1. The number of carbonyl (C=O) groups excluding carboxylic acids is 1. The lowest BCUT2D eigenvalue weighted by Crippen LogP contribution is -2.44. The van der Waals surface area contributed by atoms with Gasteiger partial charge in [-0.05, 0) is 18.6 Å². The third-order valence-electron chi connectivity index (χ3n) is 4.91. The van der Waals surface area contributed by atoms with E-state index < -0.39 is 0 Å². The number of aryl methyl sites for hydroxylation is 1. The number of nitrogens with zero attached hydrogens (tertiary/aromatic N) is 4. The van der Waals surface area contributed by atoms with Gasteiger partial charge >= 0.3 is 0 Å². The van der Waals surface area contributed by atoms with Crippen LogP contribution in [0.3, 0.4) is 0 Å². The second kappa shape index (κ2) is 5.85. The van der Waals surface area contributed by atoms with Crippen molar-refractivity contribution in [2.24, 2.45) is 13.0 Å². The van der Waals surface area contributed by atoms with Crippen LogP contribution in [0.1, 0.15) is 6.42 Å². The quantitative estimate of drug-likeness (QED) is 0.837. The van der Waals surface area contributed by atoms with E-state index in [1.807, 2.05) is 30.1 Å². The standard InChI is InChI=1S/C17H22N4O2/c1-19-15-5-3-2-4-14(15)18-17(19)21-7-6-13(12-21)16(22)20-8-10-23-11-9-20/h2-5,13H,6-12H2,1H3. The number of morpholine rings is 1. The molecule has 2 saturated heterocycles. The fourth-order valence-electron chi connectivity index (χ4n) is 3.60. The molecule has 1 unspecified atom stereocenters. The Morgan fingerprint density at radius 2 is 2.00 bits per heavy atom. The van der Waals surface area contributed by atoms with Gasteiger partial charge in [-0.15, -0.1) is 0 Å². The first-order chi connectivity index (χ1) is 11.2. The largest absolute Gasteiger partial charge is 0.378 e. The maximum absolute atomic E-state index is 12.7. The summed E-state index contributed by atoms with van der Waals surface area (Å²) in [6.45, 7) is 4.41. The Labute approximate surface area is 135 Å². The molecule has 3 heterocycles. The van der Waals surface area contributed by atoms with Crippen LogP contribution < -0.4 is 4.90 Å². The van der Waals surface area contributed by atoms with Gasteiger partial charge in [0.2, 0.25) is 11.9 Å². The minimum atomic E-state index is 0.0768. The van der Waals surface area contributed by atoms with Crippen LogP contribution in [0.25, 0.3) is 11.0 Å². The van der Waals surface area contributed by atoms with Gasteiger partial charge in [-0.25, -0.2) is 4.98 Å². The van der Waals surface area contributed by atoms with Crippen molar-refractivity contribution < 1.29 is 9.53 Å². The summed E-state index contributed by atoms with van der Waals surface area (Å²) >= 11 is 0. The van der Waals surface area contributed by atoms with E-state index in [1.165, 1.54) is 0 Å². The Morgan fingerprint density at radius 3 is 2.78 bits per heavy atom. The van der Waals surface area contributed by atoms with Gasteiger partial charge in [0, 0.05) is 33.2 Å². The molecule has 2 fully saturated rings. The summed E-state index contributed by atoms with van der Waals surface area (Å²) in [5, 5.41) is 0. The summed E-state index contributed by atoms with van der Waals surface area (Å²) in [4.78, 5) is 21.6. The lowest BCUT2D eigenvalue weighted by atomic mass is 10.1. The summed E-state index contributed by atoms with van der Waals surface area (Å²) in [5.74, 6) is 1.31. The minimum Gasteiger partial charge on any atom is -0.378 e. The molecule has 0 aliphatic carbocycles. The number of benzene rings is 1. The summed E-state index contributed by atoms with van der Waals surface area (Å²) in [5.41, 5.74) is 2.14. The first-order valence-electron chi connectivity index (χ1n) is 8.27. The second-order valence-corrected chi connectivity index (χ2v) is 6.33. The lowest BCUT2D eigenvalue weighted by molar-refractivity contribution is -0.138. The predicted octanol–water partition coefficient (Wildman–Crippen LogP) is 1.26. The van der Waals surface area contributed by atoms with Gasteiger partial charge in [0.05, 0.1) is 30.2 Å². The molecule has 2 aromatic rings. The molecule has 0 saturated carbocycles. The molecule has 6 heteroatoms. The molecule has 1 aromatic heterocycles. The Kier molecular flexibility index (Phi) is 3.69. The molecule has 4 rings (SSSR count). The summed E-state index contributed by atoms with van der Waals surface area (Å²) in [7, 11) is 2.04. The molecule has 0 radical (unpaired) electrons. The van der Waals surface area contributed by atoms with Gasteiger partial charge in [-0.2, -0.15) is 0 Å². The van der Waals surface area contributed by atoms with E-state index in [1.54, 1.807) is 0 Å². The highest BCUT2D eigenvalue weighted by Gasteiger charge is 2.33. The number of hydrogen-bond donors (Lipinski definition) is 0. The monoisotopic (exact) mass is 314 g/mol. The number of amides is 1. The van der Waals surface area contributed by atoms with Crippen LogP contribution >= 0.6 is 0 Å². The Morgan fingerprint density at radius 1 is 1.22 bits per heavy atom. The number of rotatable bonds is 2. The Balaban J connectivity index is 1.51. The number of aromatic nitrogens is 2. The Hall–Kier alpha value is -2.08. The first kappa shape index (κ1) is 14.5. The molecule has 0 N–H and O–H groups in total. The molecule has 1 amide bonds. The molecule has 1 aromatic carbocycles. The van der Waals surface area contributed by atoms with Gasteiger partial charge in [-0.1, -0.05) is 12.1 Å². The van der Waals surface area contributed by atoms with Crippen LogP contribution in [0.15, 0.2) is 24.3 Å². The molecular weight excluding hydrogens is 292 g/mol. The molecule has 6 nitrogen and oxygen atoms in total. The van der Waals surface area contributed by atoms with Crippen molar-refractivity contribution in [1.29, 1.82) is 0 Å². The average Bonchev–Trinajstić information content (AvgIpc) is 3.20. The zero-order valence-corrected chi connectivity index (χ0v) is 13.4. The van der Waals surface area contributed by atoms with Crippen molar-refractivity contribution >= 4 is 22.9 Å².